The first kappa shape index (κ1) is 45.2. The molecule has 2 unspecified atom stereocenters. The maximum absolute atomic E-state index is 12.6. The molecule has 8 heteroatoms. The number of carbonyl (C=O) groups is 3. The minimum absolute atomic E-state index is 0.00269. The lowest BCUT2D eigenvalue weighted by Crippen LogP contribution is -2.50. The van der Waals surface area contributed by atoms with Crippen molar-refractivity contribution in [2.75, 3.05) is 41.0 Å². The van der Waals surface area contributed by atoms with E-state index < -0.39 is 30.1 Å². The Labute approximate surface area is 296 Å². The summed E-state index contributed by atoms with van der Waals surface area (Å²) < 4.78 is 16.9. The number of hydrogen-bond acceptors (Lipinski definition) is 6. The quantitative estimate of drug-likeness (QED) is 0.0364. The van der Waals surface area contributed by atoms with Crippen LogP contribution in [-0.2, 0) is 28.6 Å². The topological polar surface area (TPSA) is 99.1 Å². The monoisotopic (exact) mass is 682 g/mol. The molecule has 0 aromatic carbocycles. The van der Waals surface area contributed by atoms with Crippen molar-refractivity contribution in [1.29, 1.82) is 0 Å². The highest BCUT2D eigenvalue weighted by Gasteiger charge is 2.31. The Morgan fingerprint density at radius 2 is 1.06 bits per heavy atom. The number of likely N-dealkylation sites (N-methyl/N-ethyl adjacent to an activating group) is 1. The summed E-state index contributed by atoms with van der Waals surface area (Å²) in [4.78, 5) is 36.5. The molecule has 0 fully saturated rings. The second-order valence-corrected chi connectivity index (χ2v) is 12.4. The number of allylic oxidation sites excluding steroid dienone is 15. The Hall–Kier alpha value is -3.75. The second-order valence-electron chi connectivity index (χ2n) is 12.4. The number of carboxylic acids is 1. The van der Waals surface area contributed by atoms with Gasteiger partial charge in [0.2, 0.25) is 0 Å². The Balaban J connectivity index is 4.69. The second kappa shape index (κ2) is 31.5. The molecular weight excluding hydrogens is 618 g/mol. The van der Waals surface area contributed by atoms with E-state index in [4.69, 9.17) is 14.2 Å². The normalized spacial score (nSPS) is 14.2. The first-order chi connectivity index (χ1) is 23.6. The zero-order valence-corrected chi connectivity index (χ0v) is 30.8. The lowest BCUT2D eigenvalue weighted by atomic mass is 10.1. The van der Waals surface area contributed by atoms with Gasteiger partial charge in [0.25, 0.3) is 0 Å². The van der Waals surface area contributed by atoms with E-state index in [1.165, 1.54) is 0 Å². The maximum atomic E-state index is 12.6. The van der Waals surface area contributed by atoms with Crippen LogP contribution in [0, 0.1) is 0 Å². The molecule has 2 atom stereocenters. The average molecular weight is 683 g/mol. The summed E-state index contributed by atoms with van der Waals surface area (Å²) in [6, 6.07) is -0.642. The van der Waals surface area contributed by atoms with Crippen molar-refractivity contribution in [2.45, 2.75) is 103 Å². The molecule has 0 saturated carbocycles. The van der Waals surface area contributed by atoms with E-state index in [0.717, 1.165) is 51.4 Å². The van der Waals surface area contributed by atoms with Crippen LogP contribution < -0.4 is 0 Å². The molecule has 0 aliphatic heterocycles. The van der Waals surface area contributed by atoms with Gasteiger partial charge in [-0.25, -0.2) is 4.79 Å². The van der Waals surface area contributed by atoms with E-state index >= 15 is 0 Å². The van der Waals surface area contributed by atoms with E-state index in [9.17, 15) is 19.5 Å². The van der Waals surface area contributed by atoms with Crippen LogP contribution in [0.5, 0.6) is 0 Å². The van der Waals surface area contributed by atoms with Gasteiger partial charge in [-0.3, -0.25) is 9.59 Å². The van der Waals surface area contributed by atoms with E-state index in [-0.39, 0.29) is 43.6 Å². The van der Waals surface area contributed by atoms with Crippen molar-refractivity contribution in [3.8, 4) is 0 Å². The van der Waals surface area contributed by atoms with Crippen LogP contribution in [0.3, 0.4) is 0 Å². The molecule has 0 aromatic rings. The van der Waals surface area contributed by atoms with Gasteiger partial charge < -0.3 is 23.8 Å². The SMILES string of the molecule is CC/C=C/C/C=C/C/C=C/C/C=C/C/C=C/CCC(=O)OC(COCCC(C(=O)O)[N+](C)(C)C)COC(=O)C/C=C/C/C=C/C/C=C/CC. The predicted molar refractivity (Wildman–Crippen MR) is 201 cm³/mol. The van der Waals surface area contributed by atoms with Gasteiger partial charge in [0.1, 0.15) is 6.61 Å². The fourth-order valence-electron chi connectivity index (χ4n) is 4.32. The van der Waals surface area contributed by atoms with Crippen LogP contribution in [0.25, 0.3) is 0 Å². The van der Waals surface area contributed by atoms with Gasteiger partial charge in [-0.1, -0.05) is 111 Å². The van der Waals surface area contributed by atoms with Crippen molar-refractivity contribution >= 4 is 17.9 Å². The van der Waals surface area contributed by atoms with E-state index in [1.54, 1.807) is 6.08 Å². The minimum Gasteiger partial charge on any atom is -0.477 e. The van der Waals surface area contributed by atoms with Crippen LogP contribution in [0.4, 0.5) is 0 Å². The standard InChI is InChI=1S/C41H63NO7/c1-6-8-10-12-14-16-17-18-19-20-21-22-24-26-28-30-32-40(44)49-37(35-47-34-33-38(41(45)46)42(3,4)5)36-48-39(43)31-29-27-25-23-15-13-11-9-7-2/h8-11,14-16,18-19,21-23,26-29,37-38H,6-7,12-13,17,20,24-25,30-36H2,1-5H3/p+1/b10-8+,11-9+,16-14+,19-18+,22-21+,23-15+,28-26+,29-27+. The lowest BCUT2D eigenvalue weighted by molar-refractivity contribution is -0.887. The van der Waals surface area contributed by atoms with Crippen molar-refractivity contribution in [3.63, 3.8) is 0 Å². The molecule has 274 valence electrons. The molecule has 0 bridgehead atoms. The molecule has 0 amide bonds. The molecule has 0 radical (unpaired) electrons. The third-order valence-electron chi connectivity index (χ3n) is 7.03. The number of esters is 2. The minimum atomic E-state index is -0.903. The smallest absolute Gasteiger partial charge is 0.362 e. The Kier molecular flexibility index (Phi) is 29.1. The summed E-state index contributed by atoms with van der Waals surface area (Å²) in [5.41, 5.74) is 0. The Morgan fingerprint density at radius 3 is 1.51 bits per heavy atom. The third-order valence-corrected chi connectivity index (χ3v) is 7.03. The first-order valence-corrected chi connectivity index (χ1v) is 17.8. The van der Waals surface area contributed by atoms with Gasteiger partial charge in [-0.15, -0.1) is 0 Å². The molecule has 0 aliphatic rings. The largest absolute Gasteiger partial charge is 0.477 e. The molecule has 8 nitrogen and oxygen atoms in total. The highest BCUT2D eigenvalue weighted by atomic mass is 16.6. The Bertz CT molecular complexity index is 1120. The molecule has 0 aliphatic carbocycles. The Morgan fingerprint density at radius 1 is 0.612 bits per heavy atom. The number of carboxylic acid groups (broad SMARTS) is 1. The molecule has 0 spiro atoms. The van der Waals surface area contributed by atoms with Crippen molar-refractivity contribution in [1.82, 2.24) is 0 Å². The number of aliphatic carboxylic acids is 1. The highest BCUT2D eigenvalue weighted by Crippen LogP contribution is 2.10. The molecule has 0 saturated heterocycles. The van der Waals surface area contributed by atoms with Gasteiger partial charge in [-0.05, 0) is 57.8 Å². The molecule has 0 aromatic heterocycles. The van der Waals surface area contributed by atoms with Crippen LogP contribution in [-0.4, -0.2) is 80.6 Å². The zero-order valence-electron chi connectivity index (χ0n) is 30.8. The molecule has 1 N–H and O–H groups in total. The third kappa shape index (κ3) is 30.1. The lowest BCUT2D eigenvalue weighted by Gasteiger charge is -2.31. The number of ether oxygens (including phenoxy) is 3. The van der Waals surface area contributed by atoms with Crippen molar-refractivity contribution in [3.05, 3.63) is 97.2 Å². The summed E-state index contributed by atoms with van der Waals surface area (Å²) in [6.45, 7) is 4.26. The first-order valence-electron chi connectivity index (χ1n) is 17.8. The summed E-state index contributed by atoms with van der Waals surface area (Å²) in [5.74, 6) is -1.75. The van der Waals surface area contributed by atoms with Crippen molar-refractivity contribution in [2.24, 2.45) is 0 Å². The molecule has 0 heterocycles. The summed E-state index contributed by atoms with van der Waals surface area (Å²) >= 11 is 0. The fraction of sp³-hybridized carbons (Fsp3) is 0.537. The highest BCUT2D eigenvalue weighted by molar-refractivity contribution is 5.72. The zero-order chi connectivity index (χ0) is 36.4. The van der Waals surface area contributed by atoms with E-state index in [1.807, 2.05) is 45.4 Å². The summed E-state index contributed by atoms with van der Waals surface area (Å²) in [6.07, 6.45) is 40.8. The van der Waals surface area contributed by atoms with Gasteiger partial charge >= 0.3 is 17.9 Å². The average Bonchev–Trinajstić information content (AvgIpc) is 3.05. The van der Waals surface area contributed by atoms with E-state index in [2.05, 4.69) is 80.7 Å². The summed E-state index contributed by atoms with van der Waals surface area (Å²) in [7, 11) is 5.45. The van der Waals surface area contributed by atoms with Gasteiger partial charge in [0.05, 0.1) is 40.8 Å². The number of rotatable bonds is 29. The van der Waals surface area contributed by atoms with Crippen LogP contribution in [0.15, 0.2) is 97.2 Å². The van der Waals surface area contributed by atoms with Gasteiger partial charge in [0.15, 0.2) is 12.1 Å². The maximum Gasteiger partial charge on any atom is 0.362 e. The van der Waals surface area contributed by atoms with Crippen LogP contribution in [0.2, 0.25) is 0 Å². The fourth-order valence-corrected chi connectivity index (χ4v) is 4.32. The van der Waals surface area contributed by atoms with Crippen molar-refractivity contribution < 1.29 is 38.2 Å². The van der Waals surface area contributed by atoms with E-state index in [0.29, 0.717) is 6.42 Å². The molecule has 49 heavy (non-hydrogen) atoms. The molecule has 0 rings (SSSR count). The van der Waals surface area contributed by atoms with Gasteiger partial charge in [-0.2, -0.15) is 0 Å². The number of carbonyl (C=O) groups excluding carboxylic acids is 2. The number of quaternary nitrogens is 1. The van der Waals surface area contributed by atoms with Crippen LogP contribution in [0.1, 0.15) is 90.9 Å². The molecular formula is C41H64NO7+. The van der Waals surface area contributed by atoms with Gasteiger partial charge in [0, 0.05) is 12.8 Å². The number of nitrogens with zero attached hydrogens (tertiary/aromatic N) is 1. The predicted octanol–water partition coefficient (Wildman–Crippen LogP) is 8.79. The summed E-state index contributed by atoms with van der Waals surface area (Å²) in [5, 5.41) is 9.56. The number of hydrogen-bond donors (Lipinski definition) is 1. The van der Waals surface area contributed by atoms with Crippen LogP contribution >= 0.6 is 0 Å².